The summed E-state index contributed by atoms with van der Waals surface area (Å²) in [6.45, 7) is 0. The molecule has 0 saturated carbocycles. The van der Waals surface area contributed by atoms with Crippen LogP contribution in [-0.2, 0) is 0 Å². The topological polar surface area (TPSA) is 80.3 Å². The minimum Gasteiger partial charge on any atom is -0.398 e. The lowest BCUT2D eigenvalue weighted by atomic mass is 10.0. The van der Waals surface area contributed by atoms with E-state index in [0.29, 0.717) is 16.3 Å². The first kappa shape index (κ1) is 13.0. The average molecular weight is 243 g/mol. The molecule has 17 heavy (non-hydrogen) atoms. The highest BCUT2D eigenvalue weighted by molar-refractivity contribution is 6.30. The van der Waals surface area contributed by atoms with Crippen molar-refractivity contribution in [3.05, 3.63) is 53.1 Å². The van der Waals surface area contributed by atoms with Crippen molar-refractivity contribution >= 4 is 17.3 Å². The van der Waals surface area contributed by atoms with Crippen molar-refractivity contribution < 1.29 is 0 Å². The van der Waals surface area contributed by atoms with Crippen LogP contribution < -0.4 is 11.9 Å². The quantitative estimate of drug-likeness (QED) is 0.780. The zero-order chi connectivity index (χ0) is 11.5. The largest absolute Gasteiger partial charge is 0.398 e. The van der Waals surface area contributed by atoms with Gasteiger partial charge in [0.25, 0.3) is 0 Å². The molecule has 0 aliphatic carbocycles. The van der Waals surface area contributed by atoms with Crippen LogP contribution in [0, 0.1) is 11.3 Å². The molecule has 0 amide bonds. The molecule has 0 bridgehead atoms. The van der Waals surface area contributed by atoms with Gasteiger partial charge in [0.05, 0.1) is 5.56 Å². The number of benzene rings is 2. The van der Waals surface area contributed by atoms with Gasteiger partial charge >= 0.3 is 0 Å². The lowest BCUT2D eigenvalue weighted by molar-refractivity contribution is 1.48. The lowest BCUT2D eigenvalue weighted by Crippen LogP contribution is -1.90. The van der Waals surface area contributed by atoms with Gasteiger partial charge in [-0.05, 0) is 35.4 Å². The van der Waals surface area contributed by atoms with E-state index in [1.54, 1.807) is 12.1 Å². The van der Waals surface area contributed by atoms with Gasteiger partial charge in [0, 0.05) is 16.9 Å². The number of halogens is 1. The molecule has 0 aliphatic rings. The van der Waals surface area contributed by atoms with Crippen LogP contribution in [0.5, 0.6) is 0 Å². The molecule has 0 atom stereocenters. The van der Waals surface area contributed by atoms with Gasteiger partial charge in [-0.2, -0.15) is 5.26 Å². The molecule has 3 nitrogen and oxygen atoms in total. The molecule has 2 rings (SSSR count). The smallest absolute Gasteiger partial charge is 0.101 e. The molecule has 0 fully saturated rings. The highest BCUT2D eigenvalue weighted by atomic mass is 35.5. The minimum absolute atomic E-state index is 0. The van der Waals surface area contributed by atoms with Crippen LogP contribution in [0.25, 0.3) is 11.1 Å². The molecule has 3 radical (unpaired) electrons. The van der Waals surface area contributed by atoms with Crippen LogP contribution in [0.15, 0.2) is 42.5 Å². The molecule has 0 aromatic heterocycles. The maximum atomic E-state index is 8.89. The van der Waals surface area contributed by atoms with Crippen molar-refractivity contribution in [1.82, 2.24) is 6.15 Å². The van der Waals surface area contributed by atoms with E-state index in [0.717, 1.165) is 11.1 Å². The number of rotatable bonds is 1. The van der Waals surface area contributed by atoms with E-state index < -0.39 is 0 Å². The summed E-state index contributed by atoms with van der Waals surface area (Å²) in [6, 6.07) is 14.9. The Morgan fingerprint density at radius 3 is 2.41 bits per heavy atom. The second kappa shape index (κ2) is 5.35. The second-order valence-corrected chi connectivity index (χ2v) is 3.86. The minimum atomic E-state index is 0. The SMILES string of the molecule is N#Cc1cc(-c2cccc(Cl)c2)ccc1N.[N]. The van der Waals surface area contributed by atoms with E-state index in [-0.39, 0.29) is 6.15 Å². The Balaban J connectivity index is 0.00000144. The number of nitriles is 1. The fourth-order valence-corrected chi connectivity index (χ4v) is 1.69. The highest BCUT2D eigenvalue weighted by Crippen LogP contribution is 2.25. The van der Waals surface area contributed by atoms with Crippen LogP contribution in [0.3, 0.4) is 0 Å². The first-order valence-corrected chi connectivity index (χ1v) is 5.14. The van der Waals surface area contributed by atoms with E-state index in [1.807, 2.05) is 30.3 Å². The molecule has 83 valence electrons. The first-order chi connectivity index (χ1) is 7.70. The Kier molecular flexibility index (Phi) is 4.11. The third-order valence-corrected chi connectivity index (χ3v) is 2.57. The number of nitrogen functional groups attached to an aromatic ring is 1. The van der Waals surface area contributed by atoms with Gasteiger partial charge < -0.3 is 5.73 Å². The Hall–Kier alpha value is -2.02. The monoisotopic (exact) mass is 242 g/mol. The normalized spacial score (nSPS) is 9.18. The Labute approximate surface area is 105 Å². The number of anilines is 1. The van der Waals surface area contributed by atoms with Crippen LogP contribution in [0.4, 0.5) is 5.69 Å². The number of nitrogens with zero attached hydrogens (tertiary/aromatic N) is 2. The molecular formula is C13H9ClN3. The number of hydrogen-bond acceptors (Lipinski definition) is 2. The zero-order valence-electron chi connectivity index (χ0n) is 8.89. The van der Waals surface area contributed by atoms with Gasteiger partial charge in [0.1, 0.15) is 6.07 Å². The molecule has 0 spiro atoms. The van der Waals surface area contributed by atoms with Crippen molar-refractivity contribution in [1.29, 1.82) is 5.26 Å². The fourth-order valence-electron chi connectivity index (χ4n) is 1.50. The van der Waals surface area contributed by atoms with Gasteiger partial charge in [0.2, 0.25) is 0 Å². The van der Waals surface area contributed by atoms with E-state index in [2.05, 4.69) is 6.07 Å². The van der Waals surface area contributed by atoms with Crippen molar-refractivity contribution in [3.63, 3.8) is 0 Å². The zero-order valence-corrected chi connectivity index (χ0v) is 9.65. The summed E-state index contributed by atoms with van der Waals surface area (Å²) in [4.78, 5) is 0. The summed E-state index contributed by atoms with van der Waals surface area (Å²) in [5.41, 5.74) is 8.55. The summed E-state index contributed by atoms with van der Waals surface area (Å²) in [5, 5.41) is 9.56. The average Bonchev–Trinajstić information content (AvgIpc) is 2.29. The standard InChI is InChI=1S/C13H9ClN2.N/c14-12-3-1-2-9(7-12)10-4-5-13(16)11(6-10)8-15;/h1-7H,16H2;. The Morgan fingerprint density at radius 2 is 1.76 bits per heavy atom. The number of hydrogen-bond donors (Lipinski definition) is 1. The molecule has 4 heteroatoms. The summed E-state index contributed by atoms with van der Waals surface area (Å²) in [6.07, 6.45) is 0. The summed E-state index contributed by atoms with van der Waals surface area (Å²) < 4.78 is 0. The second-order valence-electron chi connectivity index (χ2n) is 3.42. The van der Waals surface area contributed by atoms with Gasteiger partial charge in [-0.3, -0.25) is 0 Å². The molecule has 2 aromatic rings. The van der Waals surface area contributed by atoms with E-state index in [4.69, 9.17) is 22.6 Å². The lowest BCUT2D eigenvalue weighted by Gasteiger charge is -2.04. The highest BCUT2D eigenvalue weighted by Gasteiger charge is 2.02. The van der Waals surface area contributed by atoms with Crippen LogP contribution in [-0.4, -0.2) is 0 Å². The maximum Gasteiger partial charge on any atom is 0.101 e. The van der Waals surface area contributed by atoms with Gasteiger partial charge in [-0.25, -0.2) is 0 Å². The first-order valence-electron chi connectivity index (χ1n) is 4.76. The number of nitrogens with two attached hydrogens (primary N) is 1. The summed E-state index contributed by atoms with van der Waals surface area (Å²) >= 11 is 5.91. The third-order valence-electron chi connectivity index (χ3n) is 2.33. The molecular weight excluding hydrogens is 234 g/mol. The molecule has 0 unspecified atom stereocenters. The molecule has 0 heterocycles. The fraction of sp³-hybridized carbons (Fsp3) is 0. The predicted octanol–water partition coefficient (Wildman–Crippen LogP) is 2.98. The van der Waals surface area contributed by atoms with Crippen LogP contribution in [0.1, 0.15) is 5.56 Å². The molecule has 2 N–H and O–H groups in total. The van der Waals surface area contributed by atoms with Gasteiger partial charge in [0.15, 0.2) is 0 Å². The van der Waals surface area contributed by atoms with Crippen LogP contribution >= 0.6 is 11.6 Å². The van der Waals surface area contributed by atoms with Crippen molar-refractivity contribution in [2.75, 3.05) is 5.73 Å². The van der Waals surface area contributed by atoms with Gasteiger partial charge in [-0.15, -0.1) is 0 Å². The van der Waals surface area contributed by atoms with Crippen molar-refractivity contribution in [2.45, 2.75) is 0 Å². The molecule has 0 saturated heterocycles. The van der Waals surface area contributed by atoms with Crippen molar-refractivity contribution in [2.24, 2.45) is 0 Å². The van der Waals surface area contributed by atoms with Gasteiger partial charge in [-0.1, -0.05) is 29.8 Å². The van der Waals surface area contributed by atoms with E-state index in [1.165, 1.54) is 0 Å². The summed E-state index contributed by atoms with van der Waals surface area (Å²) in [5.74, 6) is 0. The van der Waals surface area contributed by atoms with E-state index >= 15 is 0 Å². The maximum absolute atomic E-state index is 8.89. The Morgan fingerprint density at radius 1 is 1.06 bits per heavy atom. The molecule has 2 aromatic carbocycles. The van der Waals surface area contributed by atoms with Crippen molar-refractivity contribution in [3.8, 4) is 17.2 Å². The predicted molar refractivity (Wildman–Crippen MR) is 68.1 cm³/mol. The van der Waals surface area contributed by atoms with Crippen LogP contribution in [0.2, 0.25) is 5.02 Å². The van der Waals surface area contributed by atoms with E-state index in [9.17, 15) is 0 Å². The molecule has 0 aliphatic heterocycles. The third kappa shape index (κ3) is 2.76. The summed E-state index contributed by atoms with van der Waals surface area (Å²) in [7, 11) is 0. The Bertz CT molecular complexity index is 573.